The van der Waals surface area contributed by atoms with Crippen molar-refractivity contribution in [1.82, 2.24) is 19.8 Å². The summed E-state index contributed by atoms with van der Waals surface area (Å²) in [7, 11) is 0. The number of carbonyl (C=O) groups excluding carboxylic acids is 1. The van der Waals surface area contributed by atoms with Gasteiger partial charge in [0.15, 0.2) is 0 Å². The average molecular weight is 597 g/mol. The lowest BCUT2D eigenvalue weighted by Gasteiger charge is -2.37. The molecular formula is C32H45FN6O4. The Morgan fingerprint density at radius 3 is 2.30 bits per heavy atom. The number of imidazole rings is 1. The van der Waals surface area contributed by atoms with Crippen molar-refractivity contribution in [2.45, 2.75) is 19.9 Å². The van der Waals surface area contributed by atoms with Gasteiger partial charge in [0.1, 0.15) is 11.6 Å². The van der Waals surface area contributed by atoms with E-state index in [4.69, 9.17) is 19.9 Å². The molecule has 1 saturated heterocycles. The third-order valence-electron chi connectivity index (χ3n) is 7.47. The Morgan fingerprint density at radius 2 is 1.63 bits per heavy atom. The number of hydrogen-bond donors (Lipinski definition) is 2. The molecule has 0 spiro atoms. The number of hydrogen-bond acceptors (Lipinski definition) is 8. The Morgan fingerprint density at radius 1 is 0.930 bits per heavy atom. The van der Waals surface area contributed by atoms with Gasteiger partial charge in [0.2, 0.25) is 0 Å². The summed E-state index contributed by atoms with van der Waals surface area (Å²) in [6.45, 7) is 11.6. The molecule has 2 heterocycles. The summed E-state index contributed by atoms with van der Waals surface area (Å²) in [5.74, 6) is 0.556. The highest BCUT2D eigenvalue weighted by Crippen LogP contribution is 2.33. The Bertz CT molecular complexity index is 1250. The van der Waals surface area contributed by atoms with Gasteiger partial charge >= 0.3 is 0 Å². The zero-order valence-corrected chi connectivity index (χ0v) is 25.2. The summed E-state index contributed by atoms with van der Waals surface area (Å²) in [5, 5.41) is 3.04. The van der Waals surface area contributed by atoms with Crippen LogP contribution in [0.5, 0.6) is 0 Å². The molecule has 3 aromatic rings. The molecule has 3 N–H and O–H groups in total. The molecule has 43 heavy (non-hydrogen) atoms. The number of rotatable bonds is 18. The van der Waals surface area contributed by atoms with Gasteiger partial charge in [0.05, 0.1) is 39.6 Å². The highest BCUT2D eigenvalue weighted by molar-refractivity contribution is 5.97. The predicted molar refractivity (Wildman–Crippen MR) is 166 cm³/mol. The molecule has 11 heteroatoms. The summed E-state index contributed by atoms with van der Waals surface area (Å²) in [5.41, 5.74) is 8.82. The Labute approximate surface area is 253 Å². The van der Waals surface area contributed by atoms with Crippen LogP contribution in [-0.2, 0) is 20.8 Å². The number of nitrogens with one attached hydrogen (secondary N) is 1. The van der Waals surface area contributed by atoms with Crippen molar-refractivity contribution in [2.75, 3.05) is 90.4 Å². The smallest absolute Gasteiger partial charge is 0.251 e. The van der Waals surface area contributed by atoms with Crippen LogP contribution >= 0.6 is 0 Å². The second-order valence-electron chi connectivity index (χ2n) is 10.5. The van der Waals surface area contributed by atoms with Crippen molar-refractivity contribution < 1.29 is 23.4 Å². The quantitative estimate of drug-likeness (QED) is 0.216. The summed E-state index contributed by atoms with van der Waals surface area (Å²) in [6, 6.07) is 12.3. The first-order valence-electron chi connectivity index (χ1n) is 15.1. The number of anilines is 1. The lowest BCUT2D eigenvalue weighted by molar-refractivity contribution is 0.0116. The fourth-order valence-electron chi connectivity index (χ4n) is 5.04. The number of benzene rings is 2. The third kappa shape index (κ3) is 10.4. The second-order valence-corrected chi connectivity index (χ2v) is 10.5. The number of halogens is 1. The lowest BCUT2D eigenvalue weighted by atomic mass is 9.99. The maximum Gasteiger partial charge on any atom is 0.251 e. The second kappa shape index (κ2) is 17.7. The van der Waals surface area contributed by atoms with E-state index in [0.717, 1.165) is 68.3 Å². The topological polar surface area (TPSA) is 107 Å². The van der Waals surface area contributed by atoms with E-state index in [1.807, 2.05) is 31.3 Å². The van der Waals surface area contributed by atoms with E-state index in [0.29, 0.717) is 58.3 Å². The normalized spacial score (nSPS) is 13.9. The highest BCUT2D eigenvalue weighted by Gasteiger charge is 2.21. The van der Waals surface area contributed by atoms with E-state index in [9.17, 15) is 9.18 Å². The van der Waals surface area contributed by atoms with E-state index in [1.165, 1.54) is 12.1 Å². The number of piperazine rings is 1. The zero-order valence-electron chi connectivity index (χ0n) is 25.2. The number of nitrogens with two attached hydrogens (primary N) is 1. The highest BCUT2D eigenvalue weighted by atomic mass is 19.1. The van der Waals surface area contributed by atoms with Crippen molar-refractivity contribution in [3.8, 4) is 11.1 Å². The summed E-state index contributed by atoms with van der Waals surface area (Å²) < 4.78 is 32.3. The fraction of sp³-hybridized carbons (Fsp3) is 0.500. The molecule has 1 amide bonds. The largest absolute Gasteiger partial charge is 0.378 e. The predicted octanol–water partition coefficient (Wildman–Crippen LogP) is 2.95. The van der Waals surface area contributed by atoms with E-state index >= 15 is 0 Å². The maximum absolute atomic E-state index is 13.7. The Balaban J connectivity index is 1.27. The molecule has 0 atom stereocenters. The fourth-order valence-corrected chi connectivity index (χ4v) is 5.04. The van der Waals surface area contributed by atoms with Crippen LogP contribution < -0.4 is 16.0 Å². The van der Waals surface area contributed by atoms with Gasteiger partial charge in [-0.1, -0.05) is 12.1 Å². The van der Waals surface area contributed by atoms with Gasteiger partial charge in [-0.05, 0) is 49.2 Å². The maximum atomic E-state index is 13.7. The van der Waals surface area contributed by atoms with Gasteiger partial charge in [-0.25, -0.2) is 9.37 Å². The minimum absolute atomic E-state index is 0.118. The zero-order chi connectivity index (χ0) is 30.3. The van der Waals surface area contributed by atoms with Crippen LogP contribution in [0.2, 0.25) is 0 Å². The lowest BCUT2D eigenvalue weighted by Crippen LogP contribution is -2.47. The minimum atomic E-state index is -0.286. The van der Waals surface area contributed by atoms with E-state index in [1.54, 1.807) is 18.3 Å². The van der Waals surface area contributed by atoms with E-state index < -0.39 is 0 Å². The van der Waals surface area contributed by atoms with Gasteiger partial charge < -0.3 is 34.7 Å². The van der Waals surface area contributed by atoms with Crippen LogP contribution in [0.3, 0.4) is 0 Å². The molecule has 2 aromatic carbocycles. The van der Waals surface area contributed by atoms with E-state index in [-0.39, 0.29) is 11.7 Å². The van der Waals surface area contributed by atoms with Gasteiger partial charge in [-0.3, -0.25) is 9.69 Å². The molecule has 10 nitrogen and oxygen atoms in total. The van der Waals surface area contributed by atoms with Crippen molar-refractivity contribution in [3.05, 3.63) is 72.1 Å². The first kappa shape index (κ1) is 32.6. The molecule has 0 radical (unpaired) electrons. The Hall–Kier alpha value is -3.35. The number of amides is 1. The number of aryl methyl sites for hydroxylation is 2. The first-order chi connectivity index (χ1) is 21.0. The SMILES string of the molecule is Cc1nccn1CCCNC(=O)c1ccc(N2CCN(CCOCCOCCOCCN)CC2)c(-c2ccc(F)cc2)c1. The standard InChI is InChI=1S/C32H45FN6O4/c1-26-35-11-13-38(26)12-2-10-36-32(40)28-5-8-31(30(25-28)27-3-6-29(33)7-4-27)39-16-14-37(15-17-39)18-20-42-22-24-43-23-21-41-19-9-34/h3-8,11,13,25H,2,9-10,12,14-24,34H2,1H3,(H,36,40). The van der Waals surface area contributed by atoms with Gasteiger partial charge in [0, 0.05) is 81.6 Å². The molecule has 1 fully saturated rings. The van der Waals surface area contributed by atoms with Crippen molar-refractivity contribution >= 4 is 11.6 Å². The monoisotopic (exact) mass is 596 g/mol. The number of ether oxygens (including phenoxy) is 3. The third-order valence-corrected chi connectivity index (χ3v) is 7.47. The minimum Gasteiger partial charge on any atom is -0.378 e. The van der Waals surface area contributed by atoms with Crippen LogP contribution in [0.4, 0.5) is 10.1 Å². The van der Waals surface area contributed by atoms with Gasteiger partial charge in [-0.2, -0.15) is 0 Å². The van der Waals surface area contributed by atoms with E-state index in [2.05, 4.69) is 24.7 Å². The molecular weight excluding hydrogens is 551 g/mol. The van der Waals surface area contributed by atoms with Crippen LogP contribution in [0, 0.1) is 12.7 Å². The molecule has 1 aliphatic rings. The molecule has 1 aliphatic heterocycles. The molecule has 0 aliphatic carbocycles. The molecule has 0 unspecified atom stereocenters. The summed E-state index contributed by atoms with van der Waals surface area (Å²) in [4.78, 5) is 22.0. The molecule has 234 valence electrons. The van der Waals surface area contributed by atoms with Crippen LogP contribution in [0.1, 0.15) is 22.6 Å². The molecule has 0 saturated carbocycles. The number of aromatic nitrogens is 2. The number of carbonyl (C=O) groups is 1. The molecule has 0 bridgehead atoms. The van der Waals surface area contributed by atoms with Crippen LogP contribution in [0.15, 0.2) is 54.9 Å². The van der Waals surface area contributed by atoms with Crippen LogP contribution in [0.25, 0.3) is 11.1 Å². The van der Waals surface area contributed by atoms with Crippen molar-refractivity contribution in [1.29, 1.82) is 0 Å². The van der Waals surface area contributed by atoms with Crippen molar-refractivity contribution in [3.63, 3.8) is 0 Å². The first-order valence-corrected chi connectivity index (χ1v) is 15.1. The van der Waals surface area contributed by atoms with Crippen LogP contribution in [-0.4, -0.2) is 106 Å². The number of nitrogens with zero attached hydrogens (tertiary/aromatic N) is 4. The van der Waals surface area contributed by atoms with Gasteiger partial charge in [0.25, 0.3) is 5.91 Å². The Kier molecular flexibility index (Phi) is 13.4. The summed E-state index contributed by atoms with van der Waals surface area (Å²) >= 11 is 0. The average Bonchev–Trinajstić information content (AvgIpc) is 3.44. The summed E-state index contributed by atoms with van der Waals surface area (Å²) in [6.07, 6.45) is 4.53. The molecule has 4 rings (SSSR count). The van der Waals surface area contributed by atoms with Gasteiger partial charge in [-0.15, -0.1) is 0 Å². The van der Waals surface area contributed by atoms with Crippen molar-refractivity contribution in [2.24, 2.45) is 5.73 Å². The molecule has 1 aromatic heterocycles.